The molecule has 0 saturated heterocycles. The molecule has 0 spiro atoms. The van der Waals surface area contributed by atoms with Crippen LogP contribution in [0, 0.1) is 6.92 Å². The van der Waals surface area contributed by atoms with E-state index in [9.17, 15) is 0 Å². The first-order chi connectivity index (χ1) is 15.0. The van der Waals surface area contributed by atoms with E-state index in [1.54, 1.807) is 0 Å². The lowest BCUT2D eigenvalue weighted by Gasteiger charge is -2.12. The molecule has 1 N–H and O–H groups in total. The van der Waals surface area contributed by atoms with Gasteiger partial charge in [-0.2, -0.15) is 9.61 Å². The Morgan fingerprint density at radius 3 is 2.35 bits per heavy atom. The first-order valence-corrected chi connectivity index (χ1v) is 11.4. The minimum absolute atomic E-state index is 0.437. The van der Waals surface area contributed by atoms with E-state index < -0.39 is 0 Å². The molecule has 31 heavy (non-hydrogen) atoms. The molecular weight excluding hydrogens is 382 g/mol. The van der Waals surface area contributed by atoms with Crippen LogP contribution in [0.4, 0.5) is 5.82 Å². The molecule has 0 aromatic carbocycles. The van der Waals surface area contributed by atoms with Gasteiger partial charge in [-0.3, -0.25) is 4.98 Å². The monoisotopic (exact) mass is 421 g/mol. The molecule has 3 heterocycles. The zero-order valence-corrected chi connectivity index (χ0v) is 20.7. The summed E-state index contributed by atoms with van der Waals surface area (Å²) in [5.74, 6) is 1.35. The van der Waals surface area contributed by atoms with E-state index in [1.807, 2.05) is 77.5 Å². The normalized spacial score (nSPS) is 11.2. The maximum absolute atomic E-state index is 4.80. The number of nitrogens with one attached hydrogen (secondary N) is 1. The van der Waals surface area contributed by atoms with Crippen LogP contribution in [0.15, 0.2) is 48.8 Å². The van der Waals surface area contributed by atoms with Crippen molar-refractivity contribution in [1.82, 2.24) is 19.6 Å². The summed E-state index contributed by atoms with van der Waals surface area (Å²) in [6.07, 6.45) is 9.96. The second-order valence-electron chi connectivity index (χ2n) is 6.93. The highest BCUT2D eigenvalue weighted by atomic mass is 15.3. The van der Waals surface area contributed by atoms with Gasteiger partial charge in [0.15, 0.2) is 5.65 Å². The summed E-state index contributed by atoms with van der Waals surface area (Å²) < 4.78 is 1.86. The van der Waals surface area contributed by atoms with Crippen LogP contribution >= 0.6 is 0 Å². The average Bonchev–Trinajstić information content (AvgIpc) is 3.19. The first kappa shape index (κ1) is 26.1. The molecule has 0 radical (unpaired) electrons. The third-order valence-electron chi connectivity index (χ3n) is 4.51. The molecule has 3 rings (SSSR count). The van der Waals surface area contributed by atoms with Crippen molar-refractivity contribution < 1.29 is 0 Å². The van der Waals surface area contributed by atoms with Gasteiger partial charge in [0.25, 0.3) is 0 Å². The summed E-state index contributed by atoms with van der Waals surface area (Å²) in [4.78, 5) is 9.35. The summed E-state index contributed by atoms with van der Waals surface area (Å²) >= 11 is 0. The number of hydrogen-bond acceptors (Lipinski definition) is 4. The molecule has 0 amide bonds. The van der Waals surface area contributed by atoms with Crippen molar-refractivity contribution in [3.63, 3.8) is 0 Å². The number of pyridine rings is 1. The Morgan fingerprint density at radius 2 is 1.81 bits per heavy atom. The minimum atomic E-state index is 0.437. The molecule has 0 aliphatic heterocycles. The highest BCUT2D eigenvalue weighted by molar-refractivity contribution is 5.74. The highest BCUT2D eigenvalue weighted by Crippen LogP contribution is 2.22. The third-order valence-corrected chi connectivity index (χ3v) is 4.51. The fraction of sp³-hybridized carbons (Fsp3) is 0.423. The molecule has 0 fully saturated rings. The molecule has 3 aromatic rings. The number of rotatable bonds is 6. The number of hydrogen-bond donors (Lipinski definition) is 1. The smallest absolute Gasteiger partial charge is 0.160 e. The topological polar surface area (TPSA) is 55.1 Å². The summed E-state index contributed by atoms with van der Waals surface area (Å²) in [6, 6.07) is 6.27. The SMILES string of the molecule is C/C=C\C(=C/C)c1cc(NCc2ccc(C(C)C)nc2)n2ncc(C)c2n1.CC.CC. The lowest BCUT2D eigenvalue weighted by Crippen LogP contribution is -2.08. The quantitative estimate of drug-likeness (QED) is 0.428. The zero-order valence-electron chi connectivity index (χ0n) is 20.7. The van der Waals surface area contributed by atoms with Gasteiger partial charge < -0.3 is 5.32 Å². The number of nitrogens with zero attached hydrogens (tertiary/aromatic N) is 4. The molecule has 0 unspecified atom stereocenters. The van der Waals surface area contributed by atoms with Gasteiger partial charge in [-0.25, -0.2) is 4.98 Å². The highest BCUT2D eigenvalue weighted by Gasteiger charge is 2.11. The number of anilines is 1. The van der Waals surface area contributed by atoms with Crippen molar-refractivity contribution in [2.75, 3.05) is 5.32 Å². The van der Waals surface area contributed by atoms with Crippen LogP contribution in [-0.2, 0) is 6.54 Å². The lowest BCUT2D eigenvalue weighted by molar-refractivity contribution is 0.818. The standard InChI is InChI=1S/C22H27N5.2C2H6/c1-6-8-18(7-2)20-11-21(27-22(26-20)16(5)12-25-27)24-14-17-9-10-19(15(3)4)23-13-17;2*1-2/h6-13,15,24H,14H2,1-5H3;2*1-2H3/b8-6-,18-7+;;. The van der Waals surface area contributed by atoms with E-state index in [-0.39, 0.29) is 0 Å². The van der Waals surface area contributed by atoms with Crippen molar-refractivity contribution in [2.24, 2.45) is 0 Å². The van der Waals surface area contributed by atoms with Gasteiger partial charge in [-0.15, -0.1) is 0 Å². The molecule has 0 bridgehead atoms. The van der Waals surface area contributed by atoms with E-state index in [1.165, 1.54) is 0 Å². The molecule has 0 aliphatic carbocycles. The van der Waals surface area contributed by atoms with Crippen molar-refractivity contribution in [2.45, 2.75) is 74.8 Å². The van der Waals surface area contributed by atoms with Gasteiger partial charge in [0.1, 0.15) is 5.82 Å². The van der Waals surface area contributed by atoms with Crippen molar-refractivity contribution in [3.8, 4) is 0 Å². The van der Waals surface area contributed by atoms with Crippen LogP contribution in [0.5, 0.6) is 0 Å². The molecule has 5 nitrogen and oxygen atoms in total. The molecule has 0 saturated carbocycles. The fourth-order valence-corrected chi connectivity index (χ4v) is 2.93. The summed E-state index contributed by atoms with van der Waals surface area (Å²) in [5.41, 5.74) is 6.19. The van der Waals surface area contributed by atoms with Gasteiger partial charge in [-0.05, 0) is 43.9 Å². The van der Waals surface area contributed by atoms with Gasteiger partial charge in [0.05, 0.1) is 11.9 Å². The van der Waals surface area contributed by atoms with Crippen LogP contribution in [-0.4, -0.2) is 19.6 Å². The molecule has 0 atom stereocenters. The van der Waals surface area contributed by atoms with E-state index in [4.69, 9.17) is 4.98 Å². The molecule has 5 heteroatoms. The molecule has 168 valence electrons. The van der Waals surface area contributed by atoms with Crippen molar-refractivity contribution in [1.29, 1.82) is 0 Å². The number of fused-ring (bicyclic) bond motifs is 1. The Hall–Kier alpha value is -2.95. The largest absolute Gasteiger partial charge is 0.366 e. The number of allylic oxidation sites excluding steroid dienone is 4. The van der Waals surface area contributed by atoms with Crippen LogP contribution in [0.25, 0.3) is 11.2 Å². The minimum Gasteiger partial charge on any atom is -0.366 e. The Labute approximate surface area is 188 Å². The zero-order chi connectivity index (χ0) is 23.4. The fourth-order valence-electron chi connectivity index (χ4n) is 2.93. The Kier molecular flexibility index (Phi) is 11.3. The van der Waals surface area contributed by atoms with Crippen LogP contribution in [0.2, 0.25) is 0 Å². The third kappa shape index (κ3) is 6.78. The summed E-state index contributed by atoms with van der Waals surface area (Å²) in [7, 11) is 0. The van der Waals surface area contributed by atoms with E-state index in [2.05, 4.69) is 53.5 Å². The van der Waals surface area contributed by atoms with E-state index >= 15 is 0 Å². The van der Waals surface area contributed by atoms with Crippen LogP contribution in [0.3, 0.4) is 0 Å². The summed E-state index contributed by atoms with van der Waals surface area (Å²) in [6.45, 7) is 19.1. The Balaban J connectivity index is 0.00000113. The molecule has 0 aliphatic rings. The van der Waals surface area contributed by atoms with Gasteiger partial charge in [0.2, 0.25) is 0 Å². The van der Waals surface area contributed by atoms with E-state index in [0.29, 0.717) is 12.5 Å². The molecular formula is C26H39N5. The Morgan fingerprint density at radius 1 is 1.10 bits per heavy atom. The van der Waals surface area contributed by atoms with Crippen molar-refractivity contribution in [3.05, 3.63) is 71.3 Å². The maximum Gasteiger partial charge on any atom is 0.160 e. The van der Waals surface area contributed by atoms with Gasteiger partial charge >= 0.3 is 0 Å². The number of aromatic nitrogens is 4. The van der Waals surface area contributed by atoms with Crippen LogP contribution in [0.1, 0.15) is 83.8 Å². The number of aryl methyl sites for hydroxylation is 1. The lowest BCUT2D eigenvalue weighted by atomic mass is 10.1. The second-order valence-corrected chi connectivity index (χ2v) is 6.93. The van der Waals surface area contributed by atoms with Crippen molar-refractivity contribution >= 4 is 17.0 Å². The van der Waals surface area contributed by atoms with Gasteiger partial charge in [-0.1, -0.05) is 65.8 Å². The maximum atomic E-state index is 4.80. The predicted molar refractivity (Wildman–Crippen MR) is 135 cm³/mol. The predicted octanol–water partition coefficient (Wildman–Crippen LogP) is 7.20. The molecule has 3 aromatic heterocycles. The average molecular weight is 422 g/mol. The van der Waals surface area contributed by atoms with E-state index in [0.717, 1.165) is 39.6 Å². The van der Waals surface area contributed by atoms with Crippen LogP contribution < -0.4 is 5.32 Å². The second kappa shape index (κ2) is 13.4. The first-order valence-electron chi connectivity index (χ1n) is 11.4. The Bertz CT molecular complexity index is 979. The summed E-state index contributed by atoms with van der Waals surface area (Å²) in [5, 5.41) is 7.98. The van der Waals surface area contributed by atoms with Gasteiger partial charge in [0, 0.05) is 30.1 Å².